The molecule has 1 aliphatic rings. The van der Waals surface area contributed by atoms with Crippen molar-refractivity contribution >= 4 is 17.5 Å². The summed E-state index contributed by atoms with van der Waals surface area (Å²) in [5.74, 6) is 0.536. The molecule has 0 atom stereocenters. The molecule has 5 heteroatoms. The number of amides is 2. The van der Waals surface area contributed by atoms with E-state index in [-0.39, 0.29) is 11.8 Å². The van der Waals surface area contributed by atoms with Crippen molar-refractivity contribution in [1.29, 1.82) is 0 Å². The molecule has 5 nitrogen and oxygen atoms in total. The van der Waals surface area contributed by atoms with Gasteiger partial charge in [0.05, 0.1) is 5.69 Å². The minimum absolute atomic E-state index is 0.0250. The van der Waals surface area contributed by atoms with Crippen molar-refractivity contribution in [2.45, 2.75) is 45.6 Å². The first-order valence-electron chi connectivity index (χ1n) is 7.82. The average molecular weight is 304 g/mol. The standard InChI is InChI=1S/C17H24N2O3/c1-4-5-11-18-15(20)10-12-19-13-8-6-7-9-14(13)22-17(2,3)16(19)21/h6-9H,4-5,10-12H2,1-3H3,(H,18,20). The van der Waals surface area contributed by atoms with Crippen LogP contribution in [0.1, 0.15) is 40.0 Å². The topological polar surface area (TPSA) is 58.6 Å². The normalized spacial score (nSPS) is 16.0. The number of anilines is 1. The molecule has 2 amide bonds. The van der Waals surface area contributed by atoms with E-state index >= 15 is 0 Å². The summed E-state index contributed by atoms with van der Waals surface area (Å²) in [7, 11) is 0. The molecule has 1 N–H and O–H groups in total. The lowest BCUT2D eigenvalue weighted by Crippen LogP contribution is -2.53. The zero-order valence-electron chi connectivity index (χ0n) is 13.5. The van der Waals surface area contributed by atoms with Crippen molar-refractivity contribution in [3.63, 3.8) is 0 Å². The molecule has 120 valence electrons. The van der Waals surface area contributed by atoms with E-state index in [2.05, 4.69) is 12.2 Å². The van der Waals surface area contributed by atoms with Gasteiger partial charge in [0.25, 0.3) is 5.91 Å². The van der Waals surface area contributed by atoms with Gasteiger partial charge in [0.2, 0.25) is 5.91 Å². The van der Waals surface area contributed by atoms with Gasteiger partial charge in [0, 0.05) is 19.5 Å². The number of fused-ring (bicyclic) bond motifs is 1. The number of carbonyl (C=O) groups excluding carboxylic acids is 2. The maximum absolute atomic E-state index is 12.6. The highest BCUT2D eigenvalue weighted by Gasteiger charge is 2.40. The highest BCUT2D eigenvalue weighted by Crippen LogP contribution is 2.37. The van der Waals surface area contributed by atoms with Crippen LogP contribution in [0.2, 0.25) is 0 Å². The maximum atomic E-state index is 12.6. The molecular formula is C17H24N2O3. The first-order chi connectivity index (χ1) is 10.5. The Hall–Kier alpha value is -2.04. The number of carbonyl (C=O) groups is 2. The predicted molar refractivity (Wildman–Crippen MR) is 86.0 cm³/mol. The number of hydrogen-bond donors (Lipinski definition) is 1. The molecule has 0 aromatic heterocycles. The Bertz CT molecular complexity index is 555. The van der Waals surface area contributed by atoms with Crippen LogP contribution in [0.25, 0.3) is 0 Å². The number of benzene rings is 1. The first kappa shape index (κ1) is 16.3. The van der Waals surface area contributed by atoms with Gasteiger partial charge in [-0.2, -0.15) is 0 Å². The summed E-state index contributed by atoms with van der Waals surface area (Å²) >= 11 is 0. The number of unbranched alkanes of at least 4 members (excludes halogenated alkanes) is 1. The van der Waals surface area contributed by atoms with Gasteiger partial charge in [-0.3, -0.25) is 9.59 Å². The minimum atomic E-state index is -0.910. The second-order valence-corrected chi connectivity index (χ2v) is 5.99. The Morgan fingerprint density at radius 1 is 1.32 bits per heavy atom. The van der Waals surface area contributed by atoms with E-state index < -0.39 is 5.60 Å². The third kappa shape index (κ3) is 3.59. The largest absolute Gasteiger partial charge is 0.476 e. The lowest BCUT2D eigenvalue weighted by Gasteiger charge is -2.38. The summed E-state index contributed by atoms with van der Waals surface area (Å²) in [6.07, 6.45) is 2.31. The quantitative estimate of drug-likeness (QED) is 0.822. The fourth-order valence-corrected chi connectivity index (χ4v) is 2.45. The van der Waals surface area contributed by atoms with Gasteiger partial charge in [-0.25, -0.2) is 0 Å². The van der Waals surface area contributed by atoms with Crippen LogP contribution in [-0.2, 0) is 9.59 Å². The van der Waals surface area contributed by atoms with Crippen molar-refractivity contribution in [1.82, 2.24) is 5.32 Å². The van der Waals surface area contributed by atoms with E-state index in [0.717, 1.165) is 18.5 Å². The van der Waals surface area contributed by atoms with Crippen LogP contribution in [0.4, 0.5) is 5.69 Å². The molecule has 1 aromatic carbocycles. The number of nitrogens with one attached hydrogen (secondary N) is 1. The van der Waals surface area contributed by atoms with Crippen LogP contribution in [0.15, 0.2) is 24.3 Å². The van der Waals surface area contributed by atoms with Gasteiger partial charge in [-0.05, 0) is 32.4 Å². The van der Waals surface area contributed by atoms with Crippen LogP contribution >= 0.6 is 0 Å². The summed E-state index contributed by atoms with van der Waals surface area (Å²) in [5.41, 5.74) is -0.180. The fraction of sp³-hybridized carbons (Fsp3) is 0.529. The zero-order valence-corrected chi connectivity index (χ0v) is 13.5. The smallest absolute Gasteiger partial charge is 0.270 e. The fourth-order valence-electron chi connectivity index (χ4n) is 2.45. The molecule has 0 spiro atoms. The molecule has 0 unspecified atom stereocenters. The molecule has 0 bridgehead atoms. The number of nitrogens with zero attached hydrogens (tertiary/aromatic N) is 1. The van der Waals surface area contributed by atoms with Gasteiger partial charge in [0.1, 0.15) is 5.75 Å². The number of para-hydroxylation sites is 2. The van der Waals surface area contributed by atoms with E-state index in [1.165, 1.54) is 0 Å². The molecule has 2 rings (SSSR count). The minimum Gasteiger partial charge on any atom is -0.476 e. The van der Waals surface area contributed by atoms with Gasteiger partial charge in [0.15, 0.2) is 5.60 Å². The van der Waals surface area contributed by atoms with E-state index in [1.54, 1.807) is 18.7 Å². The Kier molecular flexibility index (Phi) is 5.06. The maximum Gasteiger partial charge on any atom is 0.270 e. The number of ether oxygens (including phenoxy) is 1. The predicted octanol–water partition coefficient (Wildman–Crippen LogP) is 2.50. The molecule has 0 radical (unpaired) electrons. The number of rotatable bonds is 6. The number of hydrogen-bond acceptors (Lipinski definition) is 3. The summed E-state index contributed by atoms with van der Waals surface area (Å²) in [6.45, 7) is 6.63. The van der Waals surface area contributed by atoms with Crippen molar-refractivity contribution < 1.29 is 14.3 Å². The lowest BCUT2D eigenvalue weighted by atomic mass is 10.0. The van der Waals surface area contributed by atoms with Gasteiger partial charge < -0.3 is 15.0 Å². The molecule has 1 aromatic rings. The molecule has 0 fully saturated rings. The molecule has 0 saturated heterocycles. The average Bonchev–Trinajstić information content (AvgIpc) is 2.48. The highest BCUT2D eigenvalue weighted by molar-refractivity contribution is 6.02. The molecular weight excluding hydrogens is 280 g/mol. The Labute approximate surface area is 131 Å². The van der Waals surface area contributed by atoms with Crippen molar-refractivity contribution in [2.24, 2.45) is 0 Å². The molecule has 0 aliphatic carbocycles. The van der Waals surface area contributed by atoms with E-state index in [0.29, 0.717) is 25.3 Å². The molecule has 1 aliphatic heterocycles. The second kappa shape index (κ2) is 6.81. The van der Waals surface area contributed by atoms with Gasteiger partial charge in [-0.15, -0.1) is 0 Å². The van der Waals surface area contributed by atoms with E-state index in [4.69, 9.17) is 4.74 Å². The summed E-state index contributed by atoms with van der Waals surface area (Å²) in [4.78, 5) is 26.1. The third-order valence-electron chi connectivity index (χ3n) is 3.70. The monoisotopic (exact) mass is 304 g/mol. The van der Waals surface area contributed by atoms with Crippen molar-refractivity contribution in [3.05, 3.63) is 24.3 Å². The lowest BCUT2D eigenvalue weighted by molar-refractivity contribution is -0.132. The van der Waals surface area contributed by atoms with Crippen LogP contribution in [0.5, 0.6) is 5.75 Å². The van der Waals surface area contributed by atoms with Crippen LogP contribution in [-0.4, -0.2) is 30.5 Å². The summed E-state index contributed by atoms with van der Waals surface area (Å²) in [6, 6.07) is 7.43. The summed E-state index contributed by atoms with van der Waals surface area (Å²) < 4.78 is 5.76. The Morgan fingerprint density at radius 2 is 2.05 bits per heavy atom. The molecule has 0 saturated carbocycles. The van der Waals surface area contributed by atoms with Crippen LogP contribution in [0, 0.1) is 0 Å². The SMILES string of the molecule is CCCCNC(=O)CCN1C(=O)C(C)(C)Oc2ccccc21. The Morgan fingerprint density at radius 3 is 2.77 bits per heavy atom. The second-order valence-electron chi connectivity index (χ2n) is 5.99. The van der Waals surface area contributed by atoms with E-state index in [1.807, 2.05) is 24.3 Å². The zero-order chi connectivity index (χ0) is 16.2. The van der Waals surface area contributed by atoms with Gasteiger partial charge >= 0.3 is 0 Å². The van der Waals surface area contributed by atoms with Crippen LogP contribution < -0.4 is 15.0 Å². The summed E-state index contributed by atoms with van der Waals surface area (Å²) in [5, 5.41) is 2.87. The highest BCUT2D eigenvalue weighted by atomic mass is 16.5. The van der Waals surface area contributed by atoms with Crippen molar-refractivity contribution in [2.75, 3.05) is 18.0 Å². The molecule has 1 heterocycles. The molecule has 22 heavy (non-hydrogen) atoms. The Balaban J connectivity index is 2.05. The van der Waals surface area contributed by atoms with Gasteiger partial charge in [-0.1, -0.05) is 25.5 Å². The van der Waals surface area contributed by atoms with Crippen LogP contribution in [0.3, 0.4) is 0 Å². The van der Waals surface area contributed by atoms with Crippen molar-refractivity contribution in [3.8, 4) is 5.75 Å². The first-order valence-corrected chi connectivity index (χ1v) is 7.82. The van der Waals surface area contributed by atoms with E-state index in [9.17, 15) is 9.59 Å². The third-order valence-corrected chi connectivity index (χ3v) is 3.70.